The van der Waals surface area contributed by atoms with E-state index in [4.69, 9.17) is 18.0 Å². The molecule has 0 aromatic heterocycles. The number of hydrogen-bond acceptors (Lipinski definition) is 2. The van der Waals surface area contributed by atoms with E-state index < -0.39 is 0 Å². The number of carbonyl (C=O) groups is 1. The molecule has 4 nitrogen and oxygen atoms in total. The van der Waals surface area contributed by atoms with Gasteiger partial charge in [-0.3, -0.25) is 0 Å². The summed E-state index contributed by atoms with van der Waals surface area (Å²) in [6, 6.07) is 0.0148. The van der Waals surface area contributed by atoms with Crippen molar-refractivity contribution in [2.75, 3.05) is 19.6 Å². The second-order valence-electron chi connectivity index (χ2n) is 3.50. The van der Waals surface area contributed by atoms with Crippen molar-refractivity contribution in [3.05, 3.63) is 0 Å². The van der Waals surface area contributed by atoms with Gasteiger partial charge >= 0.3 is 6.03 Å². The molecule has 14 heavy (non-hydrogen) atoms. The molecule has 1 heterocycles. The molecule has 1 aliphatic heterocycles. The molecule has 0 aromatic rings. The Hall–Kier alpha value is -0.840. The molecule has 0 bridgehead atoms. The van der Waals surface area contributed by atoms with E-state index in [0.717, 1.165) is 25.9 Å². The van der Waals surface area contributed by atoms with E-state index in [1.165, 1.54) is 6.42 Å². The first-order valence-corrected chi connectivity index (χ1v) is 5.42. The molecule has 0 atom stereocenters. The van der Waals surface area contributed by atoms with E-state index in [9.17, 15) is 4.79 Å². The van der Waals surface area contributed by atoms with Crippen LogP contribution in [0.2, 0.25) is 0 Å². The number of likely N-dealkylation sites (tertiary alicyclic amines) is 1. The second-order valence-corrected chi connectivity index (χ2v) is 4.02. The number of thiocarbonyl (C=S) groups is 1. The van der Waals surface area contributed by atoms with Gasteiger partial charge in [-0.2, -0.15) is 0 Å². The number of rotatable bonds is 3. The molecular formula is C9H17N3OS. The largest absolute Gasteiger partial charge is 0.393 e. The molecule has 0 radical (unpaired) electrons. The number of nitrogens with zero attached hydrogens (tertiary/aromatic N) is 1. The third-order valence-corrected chi connectivity index (χ3v) is 2.50. The van der Waals surface area contributed by atoms with Crippen LogP contribution >= 0.6 is 12.2 Å². The number of urea groups is 1. The lowest BCUT2D eigenvalue weighted by atomic mass is 10.1. The number of nitrogens with one attached hydrogen (secondary N) is 1. The van der Waals surface area contributed by atoms with Gasteiger partial charge in [-0.05, 0) is 19.3 Å². The minimum absolute atomic E-state index is 0.0148. The van der Waals surface area contributed by atoms with Crippen LogP contribution in [0.3, 0.4) is 0 Å². The first-order valence-electron chi connectivity index (χ1n) is 5.01. The van der Waals surface area contributed by atoms with E-state index in [2.05, 4.69) is 5.32 Å². The van der Waals surface area contributed by atoms with Crippen LogP contribution in [-0.4, -0.2) is 35.6 Å². The van der Waals surface area contributed by atoms with Crippen molar-refractivity contribution in [2.45, 2.75) is 25.7 Å². The molecular weight excluding hydrogens is 198 g/mol. The Kier molecular flexibility index (Phi) is 4.65. The molecule has 0 spiro atoms. The third kappa shape index (κ3) is 3.91. The highest BCUT2D eigenvalue weighted by atomic mass is 32.1. The SMILES string of the molecule is NC(=S)CCNC(=O)N1CCCCC1. The van der Waals surface area contributed by atoms with Crippen LogP contribution in [0.5, 0.6) is 0 Å². The van der Waals surface area contributed by atoms with Crippen LogP contribution in [0.1, 0.15) is 25.7 Å². The Labute approximate surface area is 89.8 Å². The first kappa shape index (κ1) is 11.2. The minimum atomic E-state index is 0.0148. The topological polar surface area (TPSA) is 58.4 Å². The maximum Gasteiger partial charge on any atom is 0.317 e. The van der Waals surface area contributed by atoms with Crippen molar-refractivity contribution in [3.63, 3.8) is 0 Å². The molecule has 2 amide bonds. The van der Waals surface area contributed by atoms with Crippen LogP contribution in [0.4, 0.5) is 4.79 Å². The molecule has 1 fully saturated rings. The normalized spacial score (nSPS) is 16.4. The van der Waals surface area contributed by atoms with Gasteiger partial charge in [0.05, 0.1) is 4.99 Å². The Bertz CT molecular complexity index is 214. The highest BCUT2D eigenvalue weighted by Crippen LogP contribution is 2.08. The number of carbonyl (C=O) groups excluding carboxylic acids is 1. The first-order chi connectivity index (χ1) is 6.70. The summed E-state index contributed by atoms with van der Waals surface area (Å²) in [4.78, 5) is 13.8. The van der Waals surface area contributed by atoms with Gasteiger partial charge in [0, 0.05) is 26.1 Å². The lowest BCUT2D eigenvalue weighted by Crippen LogP contribution is -2.43. The van der Waals surface area contributed by atoms with Crippen LogP contribution in [0, 0.1) is 0 Å². The van der Waals surface area contributed by atoms with Gasteiger partial charge in [-0.15, -0.1) is 0 Å². The van der Waals surface area contributed by atoms with Gasteiger partial charge in [0.2, 0.25) is 0 Å². The zero-order valence-corrected chi connectivity index (χ0v) is 9.11. The molecule has 0 aromatic carbocycles. The van der Waals surface area contributed by atoms with Crippen LogP contribution in [0.15, 0.2) is 0 Å². The highest BCUT2D eigenvalue weighted by molar-refractivity contribution is 7.80. The van der Waals surface area contributed by atoms with Gasteiger partial charge in [0.1, 0.15) is 0 Å². The van der Waals surface area contributed by atoms with Gasteiger partial charge in [-0.25, -0.2) is 4.79 Å². The molecule has 1 rings (SSSR count). The predicted molar refractivity (Wildman–Crippen MR) is 60.2 cm³/mol. The molecule has 5 heteroatoms. The van der Waals surface area contributed by atoms with E-state index in [0.29, 0.717) is 18.0 Å². The molecule has 1 aliphatic rings. The maximum absolute atomic E-state index is 11.5. The Morgan fingerprint density at radius 2 is 2.00 bits per heavy atom. The van der Waals surface area contributed by atoms with Crippen LogP contribution in [-0.2, 0) is 0 Å². The van der Waals surface area contributed by atoms with E-state index in [-0.39, 0.29) is 6.03 Å². The summed E-state index contributed by atoms with van der Waals surface area (Å²) in [5, 5.41) is 2.80. The van der Waals surface area contributed by atoms with E-state index in [1.807, 2.05) is 4.90 Å². The fourth-order valence-corrected chi connectivity index (χ4v) is 1.60. The summed E-state index contributed by atoms with van der Waals surface area (Å²) in [5.41, 5.74) is 5.32. The summed E-state index contributed by atoms with van der Waals surface area (Å²) in [7, 11) is 0. The summed E-state index contributed by atoms with van der Waals surface area (Å²) >= 11 is 4.72. The number of piperidine rings is 1. The molecule has 1 saturated heterocycles. The lowest BCUT2D eigenvalue weighted by Gasteiger charge is -2.26. The van der Waals surface area contributed by atoms with Gasteiger partial charge in [-0.1, -0.05) is 12.2 Å². The molecule has 80 valence electrons. The second kappa shape index (κ2) is 5.80. The Morgan fingerprint density at radius 3 is 2.57 bits per heavy atom. The van der Waals surface area contributed by atoms with Crippen molar-refractivity contribution in [2.24, 2.45) is 5.73 Å². The predicted octanol–water partition coefficient (Wildman–Crippen LogP) is 0.858. The summed E-state index contributed by atoms with van der Waals surface area (Å²) in [6.45, 7) is 2.29. The highest BCUT2D eigenvalue weighted by Gasteiger charge is 2.15. The maximum atomic E-state index is 11.5. The molecule has 0 saturated carbocycles. The number of hydrogen-bond donors (Lipinski definition) is 2. The fraction of sp³-hybridized carbons (Fsp3) is 0.778. The zero-order valence-electron chi connectivity index (χ0n) is 8.29. The standard InChI is InChI=1S/C9H17N3OS/c10-8(14)4-5-11-9(13)12-6-2-1-3-7-12/h1-7H2,(H2,10,14)(H,11,13). The van der Waals surface area contributed by atoms with Gasteiger partial charge in [0.25, 0.3) is 0 Å². The summed E-state index contributed by atoms with van der Waals surface area (Å²) in [5.74, 6) is 0. The fourth-order valence-electron chi connectivity index (χ4n) is 1.50. The van der Waals surface area contributed by atoms with Crippen LogP contribution < -0.4 is 11.1 Å². The van der Waals surface area contributed by atoms with Gasteiger partial charge in [0.15, 0.2) is 0 Å². The van der Waals surface area contributed by atoms with Crippen LogP contribution in [0.25, 0.3) is 0 Å². The number of amides is 2. The Balaban J connectivity index is 2.16. The van der Waals surface area contributed by atoms with E-state index >= 15 is 0 Å². The quantitative estimate of drug-likeness (QED) is 0.686. The third-order valence-electron chi connectivity index (χ3n) is 2.29. The molecule has 3 N–H and O–H groups in total. The monoisotopic (exact) mass is 215 g/mol. The van der Waals surface area contributed by atoms with Crippen molar-refractivity contribution in [1.29, 1.82) is 0 Å². The van der Waals surface area contributed by atoms with Crippen molar-refractivity contribution in [1.82, 2.24) is 10.2 Å². The zero-order chi connectivity index (χ0) is 10.4. The van der Waals surface area contributed by atoms with Crippen molar-refractivity contribution < 1.29 is 4.79 Å². The smallest absolute Gasteiger partial charge is 0.317 e. The summed E-state index contributed by atoms with van der Waals surface area (Å²) in [6.07, 6.45) is 4.04. The van der Waals surface area contributed by atoms with Crippen molar-refractivity contribution >= 4 is 23.2 Å². The Morgan fingerprint density at radius 1 is 1.36 bits per heavy atom. The summed E-state index contributed by atoms with van der Waals surface area (Å²) < 4.78 is 0. The van der Waals surface area contributed by atoms with Crippen molar-refractivity contribution in [3.8, 4) is 0 Å². The minimum Gasteiger partial charge on any atom is -0.393 e. The average molecular weight is 215 g/mol. The number of nitrogens with two attached hydrogens (primary N) is 1. The lowest BCUT2D eigenvalue weighted by molar-refractivity contribution is 0.187. The van der Waals surface area contributed by atoms with E-state index in [1.54, 1.807) is 0 Å². The molecule has 0 aliphatic carbocycles. The average Bonchev–Trinajstić information content (AvgIpc) is 2.18. The van der Waals surface area contributed by atoms with Gasteiger partial charge < -0.3 is 16.0 Å². The molecule has 0 unspecified atom stereocenters.